The molecular formula is C15H13N3OS. The summed E-state index contributed by atoms with van der Waals surface area (Å²) in [6.07, 6.45) is 1.63. The summed E-state index contributed by atoms with van der Waals surface area (Å²) in [5.74, 6) is 0.748. The molecule has 1 N–H and O–H groups in total. The molecule has 0 aliphatic rings. The Bertz CT molecular complexity index is 702. The minimum absolute atomic E-state index is 0.748. The second-order valence-corrected chi connectivity index (χ2v) is 5.05. The van der Waals surface area contributed by atoms with Gasteiger partial charge < -0.3 is 4.42 Å². The minimum atomic E-state index is 0.748. The lowest BCUT2D eigenvalue weighted by molar-refractivity contribution is 0.557. The van der Waals surface area contributed by atoms with Gasteiger partial charge in [0.2, 0.25) is 5.13 Å². The number of furan rings is 1. The lowest BCUT2D eigenvalue weighted by Gasteiger charge is -1.97. The Labute approximate surface area is 120 Å². The molecule has 20 heavy (non-hydrogen) atoms. The van der Waals surface area contributed by atoms with E-state index in [2.05, 4.69) is 15.5 Å². The second kappa shape index (κ2) is 5.71. The largest absolute Gasteiger partial charge is 0.463 e. The van der Waals surface area contributed by atoms with Gasteiger partial charge >= 0.3 is 0 Å². The minimum Gasteiger partial charge on any atom is -0.463 e. The fourth-order valence-corrected chi connectivity index (χ4v) is 2.40. The van der Waals surface area contributed by atoms with Gasteiger partial charge in [0.15, 0.2) is 0 Å². The quantitative estimate of drug-likeness (QED) is 0.575. The molecule has 2 aromatic heterocycles. The Morgan fingerprint density at radius 1 is 1.20 bits per heavy atom. The Hall–Kier alpha value is -2.40. The highest BCUT2D eigenvalue weighted by Gasteiger charge is 2.04. The molecular weight excluding hydrogens is 270 g/mol. The molecule has 0 saturated carbocycles. The van der Waals surface area contributed by atoms with Crippen molar-refractivity contribution < 1.29 is 4.42 Å². The van der Waals surface area contributed by atoms with Crippen molar-refractivity contribution in [2.24, 2.45) is 5.10 Å². The Morgan fingerprint density at radius 2 is 2.05 bits per heavy atom. The molecule has 3 aromatic rings. The summed E-state index contributed by atoms with van der Waals surface area (Å²) >= 11 is 1.52. The number of anilines is 1. The van der Waals surface area contributed by atoms with E-state index in [0.29, 0.717) is 0 Å². The average Bonchev–Trinajstić information content (AvgIpc) is 3.17. The summed E-state index contributed by atoms with van der Waals surface area (Å²) in [5.41, 5.74) is 5.79. The van der Waals surface area contributed by atoms with Crippen LogP contribution in [0.25, 0.3) is 11.3 Å². The molecule has 0 saturated heterocycles. The maximum atomic E-state index is 5.27. The Kier molecular flexibility index (Phi) is 3.60. The summed E-state index contributed by atoms with van der Waals surface area (Å²) in [7, 11) is 0. The number of hydrogen-bond donors (Lipinski definition) is 1. The van der Waals surface area contributed by atoms with E-state index in [1.54, 1.807) is 6.26 Å². The third kappa shape index (κ3) is 2.78. The molecule has 0 fully saturated rings. The molecule has 100 valence electrons. The van der Waals surface area contributed by atoms with Crippen LogP contribution in [0.15, 0.2) is 63.6 Å². The zero-order valence-electron chi connectivity index (χ0n) is 10.9. The van der Waals surface area contributed by atoms with Crippen molar-refractivity contribution in [1.29, 1.82) is 0 Å². The first kappa shape index (κ1) is 12.6. The highest BCUT2D eigenvalue weighted by atomic mass is 32.1. The van der Waals surface area contributed by atoms with Crippen molar-refractivity contribution in [2.45, 2.75) is 6.92 Å². The van der Waals surface area contributed by atoms with Gasteiger partial charge in [-0.2, -0.15) is 5.10 Å². The number of nitrogens with one attached hydrogen (secondary N) is 1. The zero-order chi connectivity index (χ0) is 13.8. The summed E-state index contributed by atoms with van der Waals surface area (Å²) in [6.45, 7) is 1.89. The van der Waals surface area contributed by atoms with Crippen LogP contribution < -0.4 is 5.43 Å². The van der Waals surface area contributed by atoms with E-state index < -0.39 is 0 Å². The van der Waals surface area contributed by atoms with Crippen molar-refractivity contribution in [2.75, 3.05) is 5.43 Å². The number of thiazole rings is 1. The highest BCUT2D eigenvalue weighted by Crippen LogP contribution is 2.24. The summed E-state index contributed by atoms with van der Waals surface area (Å²) < 4.78 is 5.27. The average molecular weight is 283 g/mol. The lowest BCUT2D eigenvalue weighted by atomic mass is 10.2. The summed E-state index contributed by atoms with van der Waals surface area (Å²) in [6, 6.07) is 13.8. The molecule has 3 rings (SSSR count). The van der Waals surface area contributed by atoms with Crippen LogP contribution in [0.1, 0.15) is 12.7 Å². The van der Waals surface area contributed by atoms with Crippen LogP contribution in [0.2, 0.25) is 0 Å². The monoisotopic (exact) mass is 283 g/mol. The lowest BCUT2D eigenvalue weighted by Crippen LogP contribution is -1.97. The Balaban J connectivity index is 1.74. The van der Waals surface area contributed by atoms with Crippen molar-refractivity contribution >= 4 is 22.2 Å². The first-order chi connectivity index (χ1) is 9.83. The van der Waals surface area contributed by atoms with Crippen LogP contribution >= 0.6 is 11.3 Å². The van der Waals surface area contributed by atoms with Crippen molar-refractivity contribution in [3.05, 3.63) is 59.9 Å². The highest BCUT2D eigenvalue weighted by molar-refractivity contribution is 7.14. The van der Waals surface area contributed by atoms with Crippen molar-refractivity contribution in [3.8, 4) is 11.3 Å². The van der Waals surface area contributed by atoms with Gasteiger partial charge in [0, 0.05) is 10.9 Å². The van der Waals surface area contributed by atoms with E-state index in [1.807, 2.05) is 54.8 Å². The van der Waals surface area contributed by atoms with Crippen LogP contribution in [0.3, 0.4) is 0 Å². The molecule has 4 nitrogen and oxygen atoms in total. The number of aromatic nitrogens is 1. The number of benzene rings is 1. The van der Waals surface area contributed by atoms with Gasteiger partial charge in [-0.3, -0.25) is 5.43 Å². The molecule has 5 heteroatoms. The van der Waals surface area contributed by atoms with E-state index in [9.17, 15) is 0 Å². The second-order valence-electron chi connectivity index (χ2n) is 4.19. The molecule has 0 unspecified atom stereocenters. The van der Waals surface area contributed by atoms with E-state index in [4.69, 9.17) is 4.42 Å². The fraction of sp³-hybridized carbons (Fsp3) is 0.0667. The molecule has 2 heterocycles. The van der Waals surface area contributed by atoms with Gasteiger partial charge in [-0.05, 0) is 19.1 Å². The predicted molar refractivity (Wildman–Crippen MR) is 82.1 cm³/mol. The number of hydrogen-bond acceptors (Lipinski definition) is 5. The van der Waals surface area contributed by atoms with E-state index in [0.717, 1.165) is 27.9 Å². The topological polar surface area (TPSA) is 50.4 Å². The van der Waals surface area contributed by atoms with Gasteiger partial charge in [-0.25, -0.2) is 4.98 Å². The maximum Gasteiger partial charge on any atom is 0.203 e. The summed E-state index contributed by atoms with van der Waals surface area (Å²) in [4.78, 5) is 4.50. The van der Waals surface area contributed by atoms with Crippen LogP contribution in [-0.4, -0.2) is 10.7 Å². The van der Waals surface area contributed by atoms with Gasteiger partial charge in [0.25, 0.3) is 0 Å². The van der Waals surface area contributed by atoms with E-state index >= 15 is 0 Å². The van der Waals surface area contributed by atoms with E-state index in [1.165, 1.54) is 11.3 Å². The van der Waals surface area contributed by atoms with Gasteiger partial charge in [-0.1, -0.05) is 30.3 Å². The van der Waals surface area contributed by atoms with Crippen LogP contribution in [-0.2, 0) is 0 Å². The third-order valence-corrected chi connectivity index (χ3v) is 3.52. The molecule has 0 aliphatic carbocycles. The van der Waals surface area contributed by atoms with Gasteiger partial charge in [-0.15, -0.1) is 11.3 Å². The first-order valence-corrected chi connectivity index (χ1v) is 7.06. The van der Waals surface area contributed by atoms with Gasteiger partial charge in [0.05, 0.1) is 12.0 Å². The molecule has 0 radical (unpaired) electrons. The smallest absolute Gasteiger partial charge is 0.203 e. The number of hydrazone groups is 1. The van der Waals surface area contributed by atoms with Crippen LogP contribution in [0.4, 0.5) is 5.13 Å². The van der Waals surface area contributed by atoms with Crippen molar-refractivity contribution in [1.82, 2.24) is 4.98 Å². The fourth-order valence-electron chi connectivity index (χ4n) is 1.74. The maximum absolute atomic E-state index is 5.27. The molecule has 0 atom stereocenters. The molecule has 0 spiro atoms. The first-order valence-electron chi connectivity index (χ1n) is 6.18. The molecule has 1 aromatic carbocycles. The summed E-state index contributed by atoms with van der Waals surface area (Å²) in [5, 5.41) is 7.03. The van der Waals surface area contributed by atoms with E-state index in [-0.39, 0.29) is 0 Å². The predicted octanol–water partition coefficient (Wildman–Crippen LogP) is 4.24. The zero-order valence-corrected chi connectivity index (χ0v) is 11.7. The standard InChI is InChI=1S/C15H13N3OS/c1-11(14-8-5-9-19-14)17-18-15-16-13(10-20-15)12-6-3-2-4-7-12/h2-10H,1H3,(H,16,18). The molecule has 0 aliphatic heterocycles. The normalized spacial score (nSPS) is 11.6. The van der Waals surface area contributed by atoms with Crippen molar-refractivity contribution in [3.63, 3.8) is 0 Å². The van der Waals surface area contributed by atoms with Crippen LogP contribution in [0.5, 0.6) is 0 Å². The molecule has 0 bridgehead atoms. The third-order valence-electron chi connectivity index (χ3n) is 2.77. The number of rotatable bonds is 4. The number of nitrogens with zero attached hydrogens (tertiary/aromatic N) is 2. The SMILES string of the molecule is CC(=NNc1nc(-c2ccccc2)cs1)c1ccco1. The molecule has 0 amide bonds. The Morgan fingerprint density at radius 3 is 2.80 bits per heavy atom. The van der Waals surface area contributed by atoms with Gasteiger partial charge in [0.1, 0.15) is 11.5 Å². The van der Waals surface area contributed by atoms with Crippen LogP contribution in [0, 0.1) is 0 Å².